The maximum absolute atomic E-state index is 12.0. The molecular formula is C15H17NO5. The van der Waals surface area contributed by atoms with E-state index in [0.717, 1.165) is 0 Å². The molecule has 6 nitrogen and oxygen atoms in total. The first-order valence-corrected chi connectivity index (χ1v) is 6.11. The molecule has 0 aliphatic carbocycles. The summed E-state index contributed by atoms with van der Waals surface area (Å²) in [6.45, 7) is 3.51. The third kappa shape index (κ3) is 4.17. The van der Waals surface area contributed by atoms with Crippen LogP contribution in [0.5, 0.6) is 0 Å². The number of amides is 1. The highest BCUT2D eigenvalue weighted by Crippen LogP contribution is 2.16. The minimum Gasteiger partial charge on any atom is -0.466 e. The lowest BCUT2D eigenvalue weighted by atomic mass is 10.1. The van der Waals surface area contributed by atoms with Gasteiger partial charge in [-0.25, -0.2) is 9.59 Å². The molecular weight excluding hydrogens is 274 g/mol. The zero-order chi connectivity index (χ0) is 16.0. The Morgan fingerprint density at radius 2 is 1.67 bits per heavy atom. The van der Waals surface area contributed by atoms with E-state index in [2.05, 4.69) is 16.1 Å². The lowest BCUT2D eigenvalue weighted by Gasteiger charge is -2.17. The molecule has 0 aromatic heterocycles. The molecule has 1 amide bonds. The van der Waals surface area contributed by atoms with Crippen molar-refractivity contribution in [1.29, 1.82) is 0 Å². The van der Waals surface area contributed by atoms with Crippen molar-refractivity contribution in [3.8, 4) is 0 Å². The minimum absolute atomic E-state index is 0.0838. The monoisotopic (exact) mass is 291 g/mol. The number of ether oxygens (including phenoxy) is 2. The summed E-state index contributed by atoms with van der Waals surface area (Å²) in [5.41, 5.74) is 1.06. The normalized spacial score (nSPS) is 9.67. The third-order valence-corrected chi connectivity index (χ3v) is 2.89. The first kappa shape index (κ1) is 16.4. The molecule has 6 heteroatoms. The molecule has 0 unspecified atom stereocenters. The molecule has 0 aliphatic heterocycles. The van der Waals surface area contributed by atoms with E-state index in [1.807, 2.05) is 0 Å². The molecule has 0 atom stereocenters. The molecule has 0 heterocycles. The predicted molar refractivity (Wildman–Crippen MR) is 77.0 cm³/mol. The average molecular weight is 291 g/mol. The van der Waals surface area contributed by atoms with Gasteiger partial charge in [-0.1, -0.05) is 6.58 Å². The van der Waals surface area contributed by atoms with Crippen LogP contribution >= 0.6 is 0 Å². The Bertz CT molecular complexity index is 562. The Balaban J connectivity index is 2.76. The summed E-state index contributed by atoms with van der Waals surface area (Å²) in [6, 6.07) is 6.34. The number of carbonyl (C=O) groups excluding carboxylic acids is 3. The number of anilines is 1. The smallest absolute Gasteiger partial charge is 0.337 e. The minimum atomic E-state index is -0.613. The van der Waals surface area contributed by atoms with Crippen LogP contribution in [0.1, 0.15) is 16.8 Å². The molecule has 0 saturated carbocycles. The summed E-state index contributed by atoms with van der Waals surface area (Å²) < 4.78 is 9.09. The Labute approximate surface area is 122 Å². The van der Waals surface area contributed by atoms with Crippen LogP contribution in [0, 0.1) is 0 Å². The number of nitrogens with zero attached hydrogens (tertiary/aromatic N) is 1. The number of hydrogen-bond donors (Lipinski definition) is 0. The summed E-state index contributed by atoms with van der Waals surface area (Å²) in [7, 11) is 4.09. The highest BCUT2D eigenvalue weighted by Gasteiger charge is 2.17. The van der Waals surface area contributed by atoms with Crippen molar-refractivity contribution < 1.29 is 23.9 Å². The number of carbonyl (C=O) groups is 3. The third-order valence-electron chi connectivity index (χ3n) is 2.89. The maximum atomic E-state index is 12.0. The largest absolute Gasteiger partial charge is 0.466 e. The number of benzene rings is 1. The van der Waals surface area contributed by atoms with Gasteiger partial charge in [-0.05, 0) is 24.3 Å². The van der Waals surface area contributed by atoms with Crippen LogP contribution in [0.15, 0.2) is 36.4 Å². The molecule has 0 radical (unpaired) electrons. The van der Waals surface area contributed by atoms with E-state index in [1.54, 1.807) is 31.3 Å². The summed E-state index contributed by atoms with van der Waals surface area (Å²) in [5, 5.41) is 0. The molecule has 1 rings (SSSR count). The van der Waals surface area contributed by atoms with Crippen LogP contribution in [0.25, 0.3) is 0 Å². The fraction of sp³-hybridized carbons (Fsp3) is 0.267. The van der Waals surface area contributed by atoms with E-state index in [4.69, 9.17) is 0 Å². The molecule has 0 fully saturated rings. The van der Waals surface area contributed by atoms with Gasteiger partial charge in [0.1, 0.15) is 0 Å². The second-order valence-electron chi connectivity index (χ2n) is 4.26. The highest BCUT2D eigenvalue weighted by molar-refractivity contribution is 6.01. The summed E-state index contributed by atoms with van der Waals surface area (Å²) in [5.74, 6) is -1.37. The zero-order valence-electron chi connectivity index (χ0n) is 12.2. The van der Waals surface area contributed by atoms with E-state index < -0.39 is 11.9 Å². The van der Waals surface area contributed by atoms with Gasteiger partial charge in [0, 0.05) is 18.3 Å². The number of esters is 2. The first-order valence-electron chi connectivity index (χ1n) is 6.11. The second kappa shape index (κ2) is 7.23. The predicted octanol–water partition coefficient (Wildman–Crippen LogP) is 1.56. The molecule has 21 heavy (non-hydrogen) atoms. The average Bonchev–Trinajstić information content (AvgIpc) is 2.52. The van der Waals surface area contributed by atoms with Crippen LogP contribution in [0.2, 0.25) is 0 Å². The van der Waals surface area contributed by atoms with Crippen molar-refractivity contribution in [3.63, 3.8) is 0 Å². The molecule has 0 N–H and O–H groups in total. The second-order valence-corrected chi connectivity index (χ2v) is 4.26. The van der Waals surface area contributed by atoms with E-state index in [0.29, 0.717) is 11.3 Å². The Kier molecular flexibility index (Phi) is 5.66. The standard InChI is InChI=1S/C15H17NO5/c1-10(14(18)20-3)9-13(17)16(2)12-7-5-11(6-8-12)15(19)21-4/h5-8H,1,9H2,2-4H3. The lowest BCUT2D eigenvalue weighted by Crippen LogP contribution is -2.27. The summed E-state index contributed by atoms with van der Waals surface area (Å²) in [4.78, 5) is 35.9. The van der Waals surface area contributed by atoms with Crippen molar-refractivity contribution >= 4 is 23.5 Å². The van der Waals surface area contributed by atoms with E-state index in [1.165, 1.54) is 19.1 Å². The van der Waals surface area contributed by atoms with Gasteiger partial charge in [-0.2, -0.15) is 0 Å². The van der Waals surface area contributed by atoms with Crippen LogP contribution in [0.3, 0.4) is 0 Å². The first-order chi connectivity index (χ1) is 9.90. The number of hydrogen-bond acceptors (Lipinski definition) is 5. The van der Waals surface area contributed by atoms with Gasteiger partial charge in [-0.3, -0.25) is 4.79 Å². The van der Waals surface area contributed by atoms with E-state index in [-0.39, 0.29) is 17.9 Å². The van der Waals surface area contributed by atoms with Crippen LogP contribution in [0.4, 0.5) is 5.69 Å². The van der Waals surface area contributed by atoms with Gasteiger partial charge in [-0.15, -0.1) is 0 Å². The fourth-order valence-electron chi connectivity index (χ4n) is 1.60. The van der Waals surface area contributed by atoms with Gasteiger partial charge in [0.2, 0.25) is 5.91 Å². The molecule has 1 aromatic rings. The molecule has 0 spiro atoms. The number of rotatable bonds is 5. The summed E-state index contributed by atoms with van der Waals surface area (Å²) >= 11 is 0. The summed E-state index contributed by atoms with van der Waals surface area (Å²) in [6.07, 6.45) is -0.137. The quantitative estimate of drug-likeness (QED) is 0.608. The molecule has 0 bridgehead atoms. The van der Waals surface area contributed by atoms with Crippen LogP contribution < -0.4 is 4.90 Å². The molecule has 1 aromatic carbocycles. The van der Waals surface area contributed by atoms with Gasteiger partial charge < -0.3 is 14.4 Å². The maximum Gasteiger partial charge on any atom is 0.337 e. The zero-order valence-corrected chi connectivity index (χ0v) is 12.2. The van der Waals surface area contributed by atoms with Gasteiger partial charge in [0.25, 0.3) is 0 Å². The van der Waals surface area contributed by atoms with Crippen molar-refractivity contribution in [2.45, 2.75) is 6.42 Å². The van der Waals surface area contributed by atoms with Gasteiger partial charge >= 0.3 is 11.9 Å². The lowest BCUT2D eigenvalue weighted by molar-refractivity contribution is -0.137. The van der Waals surface area contributed by atoms with Crippen molar-refractivity contribution in [2.75, 3.05) is 26.2 Å². The Morgan fingerprint density at radius 1 is 1.10 bits per heavy atom. The van der Waals surface area contributed by atoms with Gasteiger partial charge in [0.05, 0.1) is 26.2 Å². The van der Waals surface area contributed by atoms with E-state index in [9.17, 15) is 14.4 Å². The van der Waals surface area contributed by atoms with Crippen molar-refractivity contribution in [3.05, 3.63) is 42.0 Å². The highest BCUT2D eigenvalue weighted by atomic mass is 16.5. The van der Waals surface area contributed by atoms with E-state index >= 15 is 0 Å². The van der Waals surface area contributed by atoms with Crippen molar-refractivity contribution in [1.82, 2.24) is 0 Å². The van der Waals surface area contributed by atoms with Crippen LogP contribution in [-0.2, 0) is 19.1 Å². The number of methoxy groups -OCH3 is 2. The van der Waals surface area contributed by atoms with Crippen molar-refractivity contribution in [2.24, 2.45) is 0 Å². The van der Waals surface area contributed by atoms with Crippen LogP contribution in [-0.4, -0.2) is 39.1 Å². The topological polar surface area (TPSA) is 72.9 Å². The molecule has 112 valence electrons. The fourth-order valence-corrected chi connectivity index (χ4v) is 1.60. The Morgan fingerprint density at radius 3 is 2.14 bits per heavy atom. The molecule has 0 aliphatic rings. The Hall–Kier alpha value is -2.63. The molecule has 0 saturated heterocycles. The van der Waals surface area contributed by atoms with Gasteiger partial charge in [0.15, 0.2) is 0 Å². The SMILES string of the molecule is C=C(CC(=O)N(C)c1ccc(C(=O)OC)cc1)C(=O)OC.